The van der Waals surface area contributed by atoms with E-state index in [0.29, 0.717) is 41.4 Å². The zero-order valence-corrected chi connectivity index (χ0v) is 23.0. The van der Waals surface area contributed by atoms with Crippen molar-refractivity contribution in [2.24, 2.45) is 4.99 Å². The van der Waals surface area contributed by atoms with Gasteiger partial charge in [0.25, 0.3) is 5.69 Å². The summed E-state index contributed by atoms with van der Waals surface area (Å²) in [5, 5.41) is 11.1. The molecule has 0 spiro atoms. The SMILES string of the molecule is CCOc1cc(/C=C2\N=C(c3ccc([N+](=O)[O-])c(C)c3)OC2=O)cc(I)c1OCc1ccc(Br)cc1. The predicted molar refractivity (Wildman–Crippen MR) is 147 cm³/mol. The number of hydrogen-bond acceptors (Lipinski definition) is 7. The van der Waals surface area contributed by atoms with Gasteiger partial charge in [-0.3, -0.25) is 10.1 Å². The van der Waals surface area contributed by atoms with Crippen molar-refractivity contribution in [1.82, 2.24) is 0 Å². The number of carbonyl (C=O) groups is 1. The molecule has 3 aromatic carbocycles. The molecule has 0 saturated carbocycles. The van der Waals surface area contributed by atoms with Gasteiger partial charge in [-0.15, -0.1) is 0 Å². The summed E-state index contributed by atoms with van der Waals surface area (Å²) in [5.41, 5.74) is 2.73. The third-order valence-electron chi connectivity index (χ3n) is 5.19. The van der Waals surface area contributed by atoms with Crippen LogP contribution in [0.1, 0.15) is 29.2 Å². The smallest absolute Gasteiger partial charge is 0.363 e. The Morgan fingerprint density at radius 2 is 1.89 bits per heavy atom. The maximum Gasteiger partial charge on any atom is 0.363 e. The Kier molecular flexibility index (Phi) is 8.04. The first-order valence-corrected chi connectivity index (χ1v) is 12.7. The van der Waals surface area contributed by atoms with E-state index >= 15 is 0 Å². The van der Waals surface area contributed by atoms with Crippen LogP contribution in [-0.4, -0.2) is 23.4 Å². The van der Waals surface area contributed by atoms with Crippen molar-refractivity contribution >= 4 is 62.2 Å². The van der Waals surface area contributed by atoms with Crippen LogP contribution in [0, 0.1) is 20.6 Å². The van der Waals surface area contributed by atoms with Crippen molar-refractivity contribution in [2.75, 3.05) is 6.61 Å². The van der Waals surface area contributed by atoms with Gasteiger partial charge in [-0.2, -0.15) is 0 Å². The predicted octanol–water partition coefficient (Wildman–Crippen LogP) is 6.59. The first-order chi connectivity index (χ1) is 17.2. The fourth-order valence-corrected chi connectivity index (χ4v) is 4.54. The fourth-order valence-electron chi connectivity index (χ4n) is 3.49. The Hall–Kier alpha value is -3.25. The molecule has 0 radical (unpaired) electrons. The van der Waals surface area contributed by atoms with Crippen molar-refractivity contribution in [2.45, 2.75) is 20.5 Å². The van der Waals surface area contributed by atoms with Crippen LogP contribution in [0.4, 0.5) is 5.69 Å². The molecule has 0 fully saturated rings. The number of esters is 1. The first-order valence-electron chi connectivity index (χ1n) is 10.9. The van der Waals surface area contributed by atoms with Crippen molar-refractivity contribution in [3.05, 3.63) is 101 Å². The molecule has 0 unspecified atom stereocenters. The lowest BCUT2D eigenvalue weighted by molar-refractivity contribution is -0.385. The summed E-state index contributed by atoms with van der Waals surface area (Å²) in [5.74, 6) is 0.653. The van der Waals surface area contributed by atoms with Gasteiger partial charge < -0.3 is 14.2 Å². The molecule has 0 saturated heterocycles. The highest BCUT2D eigenvalue weighted by Crippen LogP contribution is 2.36. The largest absolute Gasteiger partial charge is 0.490 e. The third kappa shape index (κ3) is 5.93. The van der Waals surface area contributed by atoms with Crippen molar-refractivity contribution in [3.63, 3.8) is 0 Å². The highest BCUT2D eigenvalue weighted by atomic mass is 127. The summed E-state index contributed by atoms with van der Waals surface area (Å²) >= 11 is 5.59. The van der Waals surface area contributed by atoms with Crippen molar-refractivity contribution in [3.8, 4) is 11.5 Å². The topological polar surface area (TPSA) is 100 Å². The highest BCUT2D eigenvalue weighted by Gasteiger charge is 2.26. The van der Waals surface area contributed by atoms with Crippen molar-refractivity contribution in [1.29, 1.82) is 0 Å². The van der Waals surface area contributed by atoms with Gasteiger partial charge in [-0.1, -0.05) is 28.1 Å². The minimum atomic E-state index is -0.607. The van der Waals surface area contributed by atoms with E-state index in [9.17, 15) is 14.9 Å². The van der Waals surface area contributed by atoms with Gasteiger partial charge in [0.1, 0.15) is 6.61 Å². The molecule has 0 atom stereocenters. The second-order valence-corrected chi connectivity index (χ2v) is 9.85. The quantitative estimate of drug-likeness (QED) is 0.0887. The molecule has 184 valence electrons. The molecule has 1 aliphatic heterocycles. The molecule has 4 rings (SSSR count). The maximum absolute atomic E-state index is 12.5. The summed E-state index contributed by atoms with van der Waals surface area (Å²) in [7, 11) is 0. The van der Waals surface area contributed by atoms with E-state index in [2.05, 4.69) is 43.5 Å². The Labute approximate surface area is 229 Å². The molecule has 3 aromatic rings. The average Bonchev–Trinajstić information content (AvgIpc) is 3.19. The zero-order valence-electron chi connectivity index (χ0n) is 19.3. The molecule has 10 heteroatoms. The van der Waals surface area contributed by atoms with E-state index in [4.69, 9.17) is 14.2 Å². The van der Waals surface area contributed by atoms with E-state index in [-0.39, 0.29) is 17.3 Å². The molecular weight excluding hydrogens is 643 g/mol. The van der Waals surface area contributed by atoms with Crippen LogP contribution in [0.3, 0.4) is 0 Å². The maximum atomic E-state index is 12.5. The van der Waals surface area contributed by atoms with Gasteiger partial charge in [0.15, 0.2) is 17.2 Å². The second-order valence-electron chi connectivity index (χ2n) is 7.77. The molecular formula is C26H20BrIN2O6. The van der Waals surface area contributed by atoms with Crippen LogP contribution in [0.5, 0.6) is 11.5 Å². The monoisotopic (exact) mass is 662 g/mol. The van der Waals surface area contributed by atoms with Crippen LogP contribution in [0.2, 0.25) is 0 Å². The Balaban J connectivity index is 1.60. The summed E-state index contributed by atoms with van der Waals surface area (Å²) in [6.07, 6.45) is 1.61. The van der Waals surface area contributed by atoms with Crippen LogP contribution in [0.15, 0.2) is 69.8 Å². The molecule has 0 N–H and O–H groups in total. The van der Waals surface area contributed by atoms with Crippen LogP contribution in [0.25, 0.3) is 6.08 Å². The van der Waals surface area contributed by atoms with Crippen LogP contribution < -0.4 is 9.47 Å². The molecule has 8 nitrogen and oxygen atoms in total. The number of aryl methyl sites for hydroxylation is 1. The summed E-state index contributed by atoms with van der Waals surface area (Å²) in [4.78, 5) is 27.4. The summed E-state index contributed by atoms with van der Waals surface area (Å²) in [6.45, 7) is 4.31. The number of hydrogen-bond donors (Lipinski definition) is 0. The number of rotatable bonds is 8. The third-order valence-corrected chi connectivity index (χ3v) is 6.52. The molecule has 1 aliphatic rings. The Bertz CT molecular complexity index is 1400. The zero-order chi connectivity index (χ0) is 25.8. The molecule has 0 bridgehead atoms. The number of cyclic esters (lactones) is 1. The molecule has 0 aromatic heterocycles. The highest BCUT2D eigenvalue weighted by molar-refractivity contribution is 14.1. The minimum absolute atomic E-state index is 0.0140. The van der Waals surface area contributed by atoms with E-state index in [1.165, 1.54) is 12.1 Å². The van der Waals surface area contributed by atoms with E-state index < -0.39 is 10.9 Å². The van der Waals surface area contributed by atoms with Gasteiger partial charge in [0, 0.05) is 21.7 Å². The summed E-state index contributed by atoms with van der Waals surface area (Å²) < 4.78 is 19.0. The summed E-state index contributed by atoms with van der Waals surface area (Å²) in [6, 6.07) is 16.0. The van der Waals surface area contributed by atoms with E-state index in [0.717, 1.165) is 13.6 Å². The number of carbonyl (C=O) groups excluding carboxylic acids is 1. The Morgan fingerprint density at radius 3 is 2.56 bits per heavy atom. The minimum Gasteiger partial charge on any atom is -0.490 e. The number of nitro benzene ring substituents is 1. The number of halogens is 2. The number of nitro groups is 1. The number of aliphatic imine (C=N–C) groups is 1. The number of ether oxygens (including phenoxy) is 3. The fraction of sp³-hybridized carbons (Fsp3) is 0.154. The van der Waals surface area contributed by atoms with E-state index in [1.54, 1.807) is 25.1 Å². The first kappa shape index (κ1) is 25.8. The van der Waals surface area contributed by atoms with Gasteiger partial charge in [-0.05, 0) is 90.0 Å². The lowest BCUT2D eigenvalue weighted by Gasteiger charge is -2.15. The number of nitrogens with zero attached hydrogens (tertiary/aromatic N) is 2. The average molecular weight is 663 g/mol. The normalized spacial score (nSPS) is 13.9. The number of benzene rings is 3. The van der Waals surface area contributed by atoms with Gasteiger partial charge >= 0.3 is 5.97 Å². The van der Waals surface area contributed by atoms with Crippen LogP contribution >= 0.6 is 38.5 Å². The van der Waals surface area contributed by atoms with E-state index in [1.807, 2.05) is 37.3 Å². The Morgan fingerprint density at radius 1 is 1.14 bits per heavy atom. The lowest BCUT2D eigenvalue weighted by Crippen LogP contribution is -2.06. The lowest BCUT2D eigenvalue weighted by atomic mass is 10.1. The van der Waals surface area contributed by atoms with Gasteiger partial charge in [0.2, 0.25) is 5.90 Å². The molecule has 0 amide bonds. The molecule has 1 heterocycles. The van der Waals surface area contributed by atoms with Crippen LogP contribution in [-0.2, 0) is 16.1 Å². The van der Waals surface area contributed by atoms with Gasteiger partial charge in [0.05, 0.1) is 15.1 Å². The molecule has 36 heavy (non-hydrogen) atoms. The second kappa shape index (κ2) is 11.2. The van der Waals surface area contributed by atoms with Crippen molar-refractivity contribution < 1.29 is 23.9 Å². The molecule has 0 aliphatic carbocycles. The van der Waals surface area contributed by atoms with Gasteiger partial charge in [-0.25, -0.2) is 9.79 Å². The standard InChI is InChI=1S/C26H20BrIN2O6/c1-3-34-23-13-17(11-20(28)24(23)35-14-16-4-7-19(27)8-5-16)12-21-26(31)36-25(29-21)18-6-9-22(30(32)33)15(2)10-18/h4-13H,3,14H2,1-2H3/b21-12-.